The number of aromatic nitrogens is 2. The fourth-order valence-electron chi connectivity index (χ4n) is 2.15. The molecular formula is C14H13N3O3S2. The molecule has 0 saturated heterocycles. The van der Waals surface area contributed by atoms with E-state index < -0.39 is 10.0 Å². The normalized spacial score (nSPS) is 11.7. The highest BCUT2D eigenvalue weighted by Crippen LogP contribution is 2.25. The van der Waals surface area contributed by atoms with Crippen molar-refractivity contribution in [3.8, 4) is 0 Å². The summed E-state index contributed by atoms with van der Waals surface area (Å²) in [4.78, 5) is 0.0724. The first-order valence-corrected chi connectivity index (χ1v) is 8.67. The Morgan fingerprint density at radius 1 is 1.23 bits per heavy atom. The average molecular weight is 335 g/mol. The summed E-state index contributed by atoms with van der Waals surface area (Å²) in [5, 5.41) is 9.39. The van der Waals surface area contributed by atoms with Crippen LogP contribution >= 0.6 is 11.7 Å². The largest absolute Gasteiger partial charge is 0.392 e. The molecule has 0 spiro atoms. The Morgan fingerprint density at radius 2 is 2.05 bits per heavy atom. The van der Waals surface area contributed by atoms with Crippen molar-refractivity contribution in [3.63, 3.8) is 0 Å². The molecule has 1 aromatic heterocycles. The highest BCUT2D eigenvalue weighted by Gasteiger charge is 2.20. The molecule has 0 aliphatic carbocycles. The van der Waals surface area contributed by atoms with Crippen molar-refractivity contribution >= 4 is 38.5 Å². The molecule has 3 rings (SSSR count). The molecule has 0 unspecified atom stereocenters. The number of aliphatic hydroxyl groups is 1. The lowest BCUT2D eigenvalue weighted by Gasteiger charge is -2.12. The van der Waals surface area contributed by atoms with Crippen LogP contribution in [0, 0.1) is 6.92 Å². The molecule has 0 aliphatic rings. The molecule has 0 aliphatic heterocycles. The number of hydrogen-bond acceptors (Lipinski definition) is 6. The molecule has 0 saturated carbocycles. The number of benzene rings is 2. The standard InChI is InChI=1S/C14H13N3O3S2/c1-9-5-6-11(10(7-9)8-18)17-22(19,20)13-4-2-3-12-14(13)16-21-15-12/h2-7,17-18H,8H2,1H3. The van der Waals surface area contributed by atoms with Crippen LogP contribution in [-0.4, -0.2) is 22.3 Å². The third-order valence-electron chi connectivity index (χ3n) is 3.21. The fourth-order valence-corrected chi connectivity index (χ4v) is 4.02. The number of sulfonamides is 1. The van der Waals surface area contributed by atoms with Crippen LogP contribution in [0.2, 0.25) is 0 Å². The van der Waals surface area contributed by atoms with Gasteiger partial charge in [-0.2, -0.15) is 8.75 Å². The van der Waals surface area contributed by atoms with Crippen molar-refractivity contribution in [2.24, 2.45) is 0 Å². The molecule has 2 N–H and O–H groups in total. The maximum atomic E-state index is 12.6. The van der Waals surface area contributed by atoms with Crippen molar-refractivity contribution < 1.29 is 13.5 Å². The SMILES string of the molecule is Cc1ccc(NS(=O)(=O)c2cccc3nsnc23)c(CO)c1. The molecule has 0 amide bonds. The van der Waals surface area contributed by atoms with Crippen LogP contribution in [0.5, 0.6) is 0 Å². The van der Waals surface area contributed by atoms with Gasteiger partial charge in [0, 0.05) is 5.56 Å². The van der Waals surface area contributed by atoms with Gasteiger partial charge >= 0.3 is 0 Å². The number of rotatable bonds is 4. The molecule has 3 aromatic rings. The van der Waals surface area contributed by atoms with E-state index in [4.69, 9.17) is 0 Å². The van der Waals surface area contributed by atoms with E-state index in [1.54, 1.807) is 30.3 Å². The van der Waals surface area contributed by atoms with E-state index in [-0.39, 0.29) is 11.5 Å². The first-order valence-electron chi connectivity index (χ1n) is 6.46. The van der Waals surface area contributed by atoms with Crippen molar-refractivity contribution in [3.05, 3.63) is 47.5 Å². The smallest absolute Gasteiger partial charge is 0.264 e. The van der Waals surface area contributed by atoms with Crippen LogP contribution in [-0.2, 0) is 16.6 Å². The van der Waals surface area contributed by atoms with Gasteiger partial charge in [-0.1, -0.05) is 23.8 Å². The van der Waals surface area contributed by atoms with Crippen molar-refractivity contribution in [1.82, 2.24) is 8.75 Å². The Kier molecular flexibility index (Phi) is 3.81. The van der Waals surface area contributed by atoms with Crippen LogP contribution in [0.25, 0.3) is 11.0 Å². The van der Waals surface area contributed by atoms with Gasteiger partial charge in [-0.25, -0.2) is 8.42 Å². The zero-order valence-corrected chi connectivity index (χ0v) is 13.3. The zero-order valence-electron chi connectivity index (χ0n) is 11.6. The third kappa shape index (κ3) is 2.68. The maximum absolute atomic E-state index is 12.6. The number of aryl methyl sites for hydroxylation is 1. The number of anilines is 1. The number of fused-ring (bicyclic) bond motifs is 1. The second-order valence-corrected chi connectivity index (χ2v) is 6.99. The molecule has 0 bridgehead atoms. The minimum atomic E-state index is -3.81. The number of aliphatic hydroxyl groups excluding tert-OH is 1. The molecular weight excluding hydrogens is 322 g/mol. The van der Waals surface area contributed by atoms with Crippen LogP contribution in [0.3, 0.4) is 0 Å². The lowest BCUT2D eigenvalue weighted by molar-refractivity contribution is 0.282. The van der Waals surface area contributed by atoms with Gasteiger partial charge in [-0.3, -0.25) is 4.72 Å². The fraction of sp³-hybridized carbons (Fsp3) is 0.143. The first kappa shape index (κ1) is 14.9. The summed E-state index contributed by atoms with van der Waals surface area (Å²) in [7, 11) is -3.81. The Morgan fingerprint density at radius 3 is 2.82 bits per heavy atom. The van der Waals surface area contributed by atoms with E-state index in [9.17, 15) is 13.5 Å². The van der Waals surface area contributed by atoms with Gasteiger partial charge in [0.05, 0.1) is 24.0 Å². The molecule has 114 valence electrons. The van der Waals surface area contributed by atoms with E-state index >= 15 is 0 Å². The Balaban J connectivity index is 2.06. The predicted octanol–water partition coefficient (Wildman–Crippen LogP) is 2.29. The minimum absolute atomic E-state index is 0.0724. The first-order chi connectivity index (χ1) is 10.5. The van der Waals surface area contributed by atoms with Gasteiger partial charge in [-0.05, 0) is 25.1 Å². The lowest BCUT2D eigenvalue weighted by atomic mass is 10.1. The van der Waals surface area contributed by atoms with Crippen LogP contribution in [0.1, 0.15) is 11.1 Å². The highest BCUT2D eigenvalue weighted by molar-refractivity contribution is 7.93. The topological polar surface area (TPSA) is 92.2 Å². The molecule has 1 heterocycles. The summed E-state index contributed by atoms with van der Waals surface area (Å²) in [6.45, 7) is 1.63. The molecule has 6 nitrogen and oxygen atoms in total. The summed E-state index contributed by atoms with van der Waals surface area (Å²) in [5.41, 5.74) is 2.70. The van der Waals surface area contributed by atoms with E-state index in [2.05, 4.69) is 13.5 Å². The minimum Gasteiger partial charge on any atom is -0.392 e. The van der Waals surface area contributed by atoms with Crippen LogP contribution in [0.4, 0.5) is 5.69 Å². The lowest BCUT2D eigenvalue weighted by Crippen LogP contribution is -2.15. The molecule has 22 heavy (non-hydrogen) atoms. The monoisotopic (exact) mass is 335 g/mol. The molecule has 0 radical (unpaired) electrons. The van der Waals surface area contributed by atoms with Gasteiger partial charge in [0.1, 0.15) is 15.9 Å². The number of nitrogens with one attached hydrogen (secondary N) is 1. The zero-order chi connectivity index (χ0) is 15.7. The van der Waals surface area contributed by atoms with Crippen molar-refractivity contribution in [1.29, 1.82) is 0 Å². The number of hydrogen-bond donors (Lipinski definition) is 2. The van der Waals surface area contributed by atoms with Gasteiger partial charge in [0.2, 0.25) is 0 Å². The maximum Gasteiger partial charge on any atom is 0.264 e. The summed E-state index contributed by atoms with van der Waals surface area (Å²) in [6.07, 6.45) is 0. The Hall–Kier alpha value is -2.03. The number of nitrogens with zero attached hydrogens (tertiary/aromatic N) is 2. The van der Waals surface area contributed by atoms with Crippen LogP contribution in [0.15, 0.2) is 41.3 Å². The molecule has 0 fully saturated rings. The quantitative estimate of drug-likeness (QED) is 0.763. The molecule has 2 aromatic carbocycles. The average Bonchev–Trinajstić information content (AvgIpc) is 2.97. The van der Waals surface area contributed by atoms with Gasteiger partial charge < -0.3 is 5.11 Å². The van der Waals surface area contributed by atoms with E-state index in [1.165, 1.54) is 6.07 Å². The summed E-state index contributed by atoms with van der Waals surface area (Å²) in [5.74, 6) is 0. The third-order valence-corrected chi connectivity index (χ3v) is 5.15. The second-order valence-electron chi connectivity index (χ2n) is 4.81. The van der Waals surface area contributed by atoms with E-state index in [0.717, 1.165) is 17.3 Å². The Bertz CT molecular complexity index is 935. The van der Waals surface area contributed by atoms with Crippen molar-refractivity contribution in [2.75, 3.05) is 4.72 Å². The summed E-state index contributed by atoms with van der Waals surface area (Å²) in [6, 6.07) is 9.98. The summed E-state index contributed by atoms with van der Waals surface area (Å²) < 4.78 is 35.8. The molecule has 0 atom stereocenters. The molecule has 8 heteroatoms. The highest BCUT2D eigenvalue weighted by atomic mass is 32.2. The van der Waals surface area contributed by atoms with Crippen molar-refractivity contribution in [2.45, 2.75) is 18.4 Å². The Labute approximate surface area is 131 Å². The van der Waals surface area contributed by atoms with Gasteiger partial charge in [0.15, 0.2) is 0 Å². The van der Waals surface area contributed by atoms with E-state index in [1.807, 2.05) is 6.92 Å². The predicted molar refractivity (Wildman–Crippen MR) is 85.3 cm³/mol. The summed E-state index contributed by atoms with van der Waals surface area (Å²) >= 11 is 0.967. The van der Waals surface area contributed by atoms with Gasteiger partial charge in [-0.15, -0.1) is 0 Å². The van der Waals surface area contributed by atoms with Crippen LogP contribution < -0.4 is 4.72 Å². The van der Waals surface area contributed by atoms with Gasteiger partial charge in [0.25, 0.3) is 10.0 Å². The van der Waals surface area contributed by atoms with E-state index in [0.29, 0.717) is 22.3 Å². The second kappa shape index (κ2) is 5.64.